The predicted molar refractivity (Wildman–Crippen MR) is 60.6 cm³/mol. The van der Waals surface area contributed by atoms with E-state index in [-0.39, 0.29) is 5.82 Å². The second kappa shape index (κ2) is 4.61. The Morgan fingerprint density at radius 2 is 2.06 bits per heavy atom. The molecule has 0 saturated carbocycles. The van der Waals surface area contributed by atoms with Gasteiger partial charge in [-0.1, -0.05) is 19.0 Å². The van der Waals surface area contributed by atoms with E-state index in [1.54, 1.807) is 6.07 Å². The summed E-state index contributed by atoms with van der Waals surface area (Å²) in [5, 5.41) is 4.89. The van der Waals surface area contributed by atoms with Crippen molar-refractivity contribution in [3.05, 3.63) is 29.7 Å². The van der Waals surface area contributed by atoms with Gasteiger partial charge in [0.05, 0.1) is 0 Å². The number of halogens is 1. The Bertz CT molecular complexity index is 477. The highest BCUT2D eigenvalue weighted by Gasteiger charge is 2.11. The number of fused-ring (bicyclic) bond motifs is 1. The molecule has 0 fully saturated rings. The first-order valence-electron chi connectivity index (χ1n) is 5.50. The monoisotopic (exact) mass is 222 g/mol. The van der Waals surface area contributed by atoms with Crippen molar-refractivity contribution in [1.82, 2.24) is 10.1 Å². The standard InChI is InChI=1S/C12H15FN2O/c1-3-15(4-2)8-11-10-6-5-9(13)7-12(10)16-14-11/h5-7H,3-4,8H2,1-2H3. The number of hydrogen-bond donors (Lipinski definition) is 0. The second-order valence-corrected chi connectivity index (χ2v) is 3.73. The van der Waals surface area contributed by atoms with Crippen molar-refractivity contribution in [3.8, 4) is 0 Å². The molecule has 1 aromatic heterocycles. The summed E-state index contributed by atoms with van der Waals surface area (Å²) in [5.74, 6) is -0.293. The van der Waals surface area contributed by atoms with Crippen molar-refractivity contribution in [2.75, 3.05) is 13.1 Å². The van der Waals surface area contributed by atoms with Crippen molar-refractivity contribution in [1.29, 1.82) is 0 Å². The predicted octanol–water partition coefficient (Wildman–Crippen LogP) is 2.81. The third kappa shape index (κ3) is 2.07. The minimum absolute atomic E-state index is 0.293. The molecule has 0 atom stereocenters. The van der Waals surface area contributed by atoms with Crippen LogP contribution in [0.4, 0.5) is 4.39 Å². The normalized spacial score (nSPS) is 11.5. The van der Waals surface area contributed by atoms with Gasteiger partial charge in [0.1, 0.15) is 11.5 Å². The Morgan fingerprint density at radius 3 is 2.75 bits per heavy atom. The maximum absolute atomic E-state index is 12.9. The van der Waals surface area contributed by atoms with Gasteiger partial charge in [-0.3, -0.25) is 4.90 Å². The molecule has 0 aliphatic rings. The quantitative estimate of drug-likeness (QED) is 0.796. The average molecular weight is 222 g/mol. The zero-order valence-electron chi connectivity index (χ0n) is 9.53. The Hall–Kier alpha value is -1.42. The smallest absolute Gasteiger partial charge is 0.170 e. The lowest BCUT2D eigenvalue weighted by molar-refractivity contribution is 0.285. The summed E-state index contributed by atoms with van der Waals surface area (Å²) < 4.78 is 18.0. The van der Waals surface area contributed by atoms with Crippen LogP contribution < -0.4 is 0 Å². The van der Waals surface area contributed by atoms with E-state index in [0.717, 1.165) is 30.7 Å². The van der Waals surface area contributed by atoms with Gasteiger partial charge < -0.3 is 4.52 Å². The molecule has 2 rings (SSSR count). The summed E-state index contributed by atoms with van der Waals surface area (Å²) in [5.41, 5.74) is 1.39. The van der Waals surface area contributed by atoms with Gasteiger partial charge in [0.2, 0.25) is 0 Å². The number of hydrogen-bond acceptors (Lipinski definition) is 3. The lowest BCUT2D eigenvalue weighted by Crippen LogP contribution is -2.22. The molecule has 0 unspecified atom stereocenters. The maximum atomic E-state index is 12.9. The summed E-state index contributed by atoms with van der Waals surface area (Å²) in [6, 6.07) is 4.53. The minimum Gasteiger partial charge on any atom is -0.356 e. The zero-order chi connectivity index (χ0) is 11.5. The summed E-state index contributed by atoms with van der Waals surface area (Å²) in [4.78, 5) is 2.24. The van der Waals surface area contributed by atoms with Gasteiger partial charge in [-0.05, 0) is 25.2 Å². The highest BCUT2D eigenvalue weighted by atomic mass is 19.1. The van der Waals surface area contributed by atoms with E-state index in [1.807, 2.05) is 0 Å². The first-order chi connectivity index (χ1) is 7.74. The zero-order valence-corrected chi connectivity index (χ0v) is 9.53. The van der Waals surface area contributed by atoms with E-state index < -0.39 is 0 Å². The third-order valence-corrected chi connectivity index (χ3v) is 2.78. The van der Waals surface area contributed by atoms with Crippen LogP contribution in [-0.4, -0.2) is 23.1 Å². The highest BCUT2D eigenvalue weighted by Crippen LogP contribution is 2.20. The molecule has 86 valence electrons. The molecule has 4 heteroatoms. The fourth-order valence-corrected chi connectivity index (χ4v) is 1.74. The molecule has 0 aliphatic heterocycles. The second-order valence-electron chi connectivity index (χ2n) is 3.73. The van der Waals surface area contributed by atoms with Crippen molar-refractivity contribution in [2.45, 2.75) is 20.4 Å². The SMILES string of the molecule is CCN(CC)Cc1noc2cc(F)ccc12. The van der Waals surface area contributed by atoms with Crippen molar-refractivity contribution in [3.63, 3.8) is 0 Å². The molecule has 0 aliphatic carbocycles. The highest BCUT2D eigenvalue weighted by molar-refractivity contribution is 5.79. The number of rotatable bonds is 4. The van der Waals surface area contributed by atoms with E-state index >= 15 is 0 Å². The first kappa shape index (κ1) is 11.1. The summed E-state index contributed by atoms with van der Waals surface area (Å²) in [6.07, 6.45) is 0. The van der Waals surface area contributed by atoms with E-state index in [1.165, 1.54) is 12.1 Å². The van der Waals surface area contributed by atoms with Crippen molar-refractivity contribution >= 4 is 11.0 Å². The lowest BCUT2D eigenvalue weighted by Gasteiger charge is -2.15. The van der Waals surface area contributed by atoms with Crippen molar-refractivity contribution in [2.24, 2.45) is 0 Å². The molecule has 0 saturated heterocycles. The molecule has 1 aromatic carbocycles. The molecule has 0 bridgehead atoms. The Kier molecular flexibility index (Phi) is 3.19. The average Bonchev–Trinajstić information content (AvgIpc) is 2.68. The van der Waals surface area contributed by atoms with Crippen LogP contribution in [0.15, 0.2) is 22.7 Å². The van der Waals surface area contributed by atoms with E-state index in [2.05, 4.69) is 23.9 Å². The van der Waals surface area contributed by atoms with E-state index in [9.17, 15) is 4.39 Å². The number of aromatic nitrogens is 1. The number of benzene rings is 1. The van der Waals surface area contributed by atoms with E-state index in [0.29, 0.717) is 5.58 Å². The van der Waals surface area contributed by atoms with Crippen LogP contribution in [0.5, 0.6) is 0 Å². The number of nitrogens with zero attached hydrogens (tertiary/aromatic N) is 2. The lowest BCUT2D eigenvalue weighted by atomic mass is 10.2. The molecule has 16 heavy (non-hydrogen) atoms. The van der Waals surface area contributed by atoms with Crippen LogP contribution in [0.25, 0.3) is 11.0 Å². The van der Waals surface area contributed by atoms with Gasteiger partial charge in [-0.2, -0.15) is 0 Å². The van der Waals surface area contributed by atoms with Gasteiger partial charge >= 0.3 is 0 Å². The summed E-state index contributed by atoms with van der Waals surface area (Å²) in [6.45, 7) is 6.88. The van der Waals surface area contributed by atoms with Crippen molar-refractivity contribution < 1.29 is 8.91 Å². The maximum Gasteiger partial charge on any atom is 0.170 e. The molecule has 0 spiro atoms. The summed E-state index contributed by atoms with van der Waals surface area (Å²) >= 11 is 0. The molecule has 1 heterocycles. The van der Waals surface area contributed by atoms with Crippen LogP contribution in [0.2, 0.25) is 0 Å². The van der Waals surface area contributed by atoms with Crippen LogP contribution in [-0.2, 0) is 6.54 Å². The first-order valence-corrected chi connectivity index (χ1v) is 5.50. The van der Waals surface area contributed by atoms with Gasteiger partial charge in [0.25, 0.3) is 0 Å². The third-order valence-electron chi connectivity index (χ3n) is 2.78. The Morgan fingerprint density at radius 1 is 1.31 bits per heavy atom. The molecular formula is C12H15FN2O. The van der Waals surface area contributed by atoms with Gasteiger partial charge in [0.15, 0.2) is 5.58 Å². The van der Waals surface area contributed by atoms with Crippen LogP contribution in [0, 0.1) is 5.82 Å². The van der Waals surface area contributed by atoms with Gasteiger partial charge in [0, 0.05) is 18.0 Å². The van der Waals surface area contributed by atoms with Crippen LogP contribution in [0.3, 0.4) is 0 Å². The minimum atomic E-state index is -0.293. The molecule has 0 N–H and O–H groups in total. The van der Waals surface area contributed by atoms with Gasteiger partial charge in [-0.15, -0.1) is 0 Å². The Labute approximate surface area is 93.8 Å². The van der Waals surface area contributed by atoms with Crippen LogP contribution in [0.1, 0.15) is 19.5 Å². The fourth-order valence-electron chi connectivity index (χ4n) is 1.74. The fraction of sp³-hybridized carbons (Fsp3) is 0.417. The van der Waals surface area contributed by atoms with E-state index in [4.69, 9.17) is 4.52 Å². The summed E-state index contributed by atoms with van der Waals surface area (Å²) in [7, 11) is 0. The molecule has 0 radical (unpaired) electrons. The topological polar surface area (TPSA) is 29.3 Å². The molecule has 0 amide bonds. The molecule has 2 aromatic rings. The molecular weight excluding hydrogens is 207 g/mol. The van der Waals surface area contributed by atoms with Gasteiger partial charge in [-0.25, -0.2) is 4.39 Å². The largest absolute Gasteiger partial charge is 0.356 e. The molecule has 3 nitrogen and oxygen atoms in total. The van der Waals surface area contributed by atoms with Crippen LogP contribution >= 0.6 is 0 Å². The Balaban J connectivity index is 2.31.